The number of ether oxygens (including phenoxy) is 3. The van der Waals surface area contributed by atoms with E-state index < -0.39 is 0 Å². The van der Waals surface area contributed by atoms with Crippen molar-refractivity contribution in [1.29, 1.82) is 0 Å². The third-order valence-electron chi connectivity index (χ3n) is 2.85. The third kappa shape index (κ3) is 3.94. The molecule has 0 radical (unpaired) electrons. The van der Waals surface area contributed by atoms with Gasteiger partial charge in [0.25, 0.3) is 0 Å². The van der Waals surface area contributed by atoms with E-state index in [1.54, 1.807) is 25.3 Å². The van der Waals surface area contributed by atoms with Crippen molar-refractivity contribution in [1.82, 2.24) is 5.32 Å². The molecule has 0 atom stereocenters. The fourth-order valence-electron chi connectivity index (χ4n) is 1.86. The number of rotatable bonds is 7. The molecule has 2 rings (SSSR count). The largest absolute Gasteiger partial charge is 0.486 e. The van der Waals surface area contributed by atoms with Crippen molar-refractivity contribution in [2.75, 3.05) is 40.0 Å². The SMILES string of the molecule is COCCCNCC(=O)c1ccc2c(c1)OCCO2. The lowest BCUT2D eigenvalue weighted by atomic mass is 10.1. The molecule has 0 spiro atoms. The average Bonchev–Trinajstić information content (AvgIpc) is 2.46. The van der Waals surface area contributed by atoms with Crippen molar-refractivity contribution < 1.29 is 19.0 Å². The summed E-state index contributed by atoms with van der Waals surface area (Å²) in [6.07, 6.45) is 0.894. The van der Waals surface area contributed by atoms with Gasteiger partial charge in [0.2, 0.25) is 0 Å². The first-order valence-electron chi connectivity index (χ1n) is 6.44. The highest BCUT2D eigenvalue weighted by molar-refractivity contribution is 5.98. The Labute approximate surface area is 112 Å². The van der Waals surface area contributed by atoms with Crippen LogP contribution >= 0.6 is 0 Å². The van der Waals surface area contributed by atoms with Crippen molar-refractivity contribution in [2.45, 2.75) is 6.42 Å². The number of carbonyl (C=O) groups excluding carboxylic acids is 1. The molecular weight excluding hydrogens is 246 g/mol. The molecule has 0 unspecified atom stereocenters. The van der Waals surface area contributed by atoms with Crippen LogP contribution in [-0.2, 0) is 4.74 Å². The predicted molar refractivity (Wildman–Crippen MR) is 71.1 cm³/mol. The van der Waals surface area contributed by atoms with Gasteiger partial charge in [-0.1, -0.05) is 0 Å². The Bertz CT molecular complexity index is 433. The molecule has 1 aliphatic heterocycles. The molecule has 19 heavy (non-hydrogen) atoms. The van der Waals surface area contributed by atoms with Gasteiger partial charge in [0, 0.05) is 19.3 Å². The Morgan fingerprint density at radius 2 is 2.11 bits per heavy atom. The fraction of sp³-hybridized carbons (Fsp3) is 0.500. The molecule has 1 aromatic carbocycles. The highest BCUT2D eigenvalue weighted by Crippen LogP contribution is 2.30. The topological polar surface area (TPSA) is 56.8 Å². The van der Waals surface area contributed by atoms with E-state index in [2.05, 4.69) is 5.32 Å². The highest BCUT2D eigenvalue weighted by Gasteiger charge is 2.14. The minimum absolute atomic E-state index is 0.0504. The van der Waals surface area contributed by atoms with E-state index in [-0.39, 0.29) is 5.78 Å². The molecule has 0 aliphatic carbocycles. The van der Waals surface area contributed by atoms with Crippen LogP contribution in [0.25, 0.3) is 0 Å². The summed E-state index contributed by atoms with van der Waals surface area (Å²) in [4.78, 5) is 12.0. The Morgan fingerprint density at radius 3 is 2.89 bits per heavy atom. The average molecular weight is 265 g/mol. The van der Waals surface area contributed by atoms with Gasteiger partial charge in [-0.25, -0.2) is 0 Å². The Balaban J connectivity index is 1.85. The van der Waals surface area contributed by atoms with Crippen LogP contribution in [-0.4, -0.2) is 45.8 Å². The van der Waals surface area contributed by atoms with Crippen LogP contribution < -0.4 is 14.8 Å². The monoisotopic (exact) mass is 265 g/mol. The summed E-state index contributed by atoms with van der Waals surface area (Å²) in [5.41, 5.74) is 0.642. The number of ketones is 1. The van der Waals surface area contributed by atoms with E-state index >= 15 is 0 Å². The molecule has 104 valence electrons. The van der Waals surface area contributed by atoms with Crippen LogP contribution in [0.15, 0.2) is 18.2 Å². The van der Waals surface area contributed by atoms with Crippen LogP contribution in [0.1, 0.15) is 16.8 Å². The minimum Gasteiger partial charge on any atom is -0.486 e. The smallest absolute Gasteiger partial charge is 0.176 e. The predicted octanol–water partition coefficient (Wildman–Crippen LogP) is 1.27. The van der Waals surface area contributed by atoms with Crippen LogP contribution in [0.5, 0.6) is 11.5 Å². The maximum absolute atomic E-state index is 12.0. The fourth-order valence-corrected chi connectivity index (χ4v) is 1.86. The van der Waals surface area contributed by atoms with E-state index in [1.165, 1.54) is 0 Å². The number of hydrogen-bond donors (Lipinski definition) is 1. The summed E-state index contributed by atoms with van der Waals surface area (Å²) >= 11 is 0. The second kappa shape index (κ2) is 7.11. The second-order valence-electron chi connectivity index (χ2n) is 4.30. The zero-order chi connectivity index (χ0) is 13.5. The van der Waals surface area contributed by atoms with E-state index in [9.17, 15) is 4.79 Å². The number of nitrogens with one attached hydrogen (secondary N) is 1. The molecular formula is C14H19NO4. The molecule has 0 aromatic heterocycles. The van der Waals surface area contributed by atoms with Gasteiger partial charge in [-0.3, -0.25) is 4.79 Å². The molecule has 0 fully saturated rings. The molecule has 0 bridgehead atoms. The maximum atomic E-state index is 12.0. The first kappa shape index (κ1) is 13.8. The first-order chi connectivity index (χ1) is 9.31. The van der Waals surface area contributed by atoms with Gasteiger partial charge >= 0.3 is 0 Å². The van der Waals surface area contributed by atoms with Gasteiger partial charge in [0.1, 0.15) is 13.2 Å². The lowest BCUT2D eigenvalue weighted by molar-refractivity contribution is 0.0988. The Morgan fingerprint density at radius 1 is 1.32 bits per heavy atom. The summed E-state index contributed by atoms with van der Waals surface area (Å²) in [5, 5.41) is 3.10. The lowest BCUT2D eigenvalue weighted by Gasteiger charge is -2.18. The molecule has 0 amide bonds. The van der Waals surface area contributed by atoms with E-state index in [0.717, 1.165) is 13.0 Å². The van der Waals surface area contributed by atoms with Gasteiger partial charge in [0.05, 0.1) is 6.54 Å². The molecule has 1 heterocycles. The minimum atomic E-state index is 0.0504. The number of benzene rings is 1. The zero-order valence-electron chi connectivity index (χ0n) is 11.1. The van der Waals surface area contributed by atoms with Gasteiger partial charge in [-0.05, 0) is 31.2 Å². The van der Waals surface area contributed by atoms with Crippen molar-refractivity contribution in [3.63, 3.8) is 0 Å². The number of hydrogen-bond acceptors (Lipinski definition) is 5. The molecule has 1 aliphatic rings. The maximum Gasteiger partial charge on any atom is 0.176 e. The van der Waals surface area contributed by atoms with Gasteiger partial charge < -0.3 is 19.5 Å². The van der Waals surface area contributed by atoms with Crippen LogP contribution in [0.4, 0.5) is 0 Å². The molecule has 0 saturated heterocycles. The Kier molecular flexibility index (Phi) is 5.18. The highest BCUT2D eigenvalue weighted by atomic mass is 16.6. The third-order valence-corrected chi connectivity index (χ3v) is 2.85. The summed E-state index contributed by atoms with van der Waals surface area (Å²) in [5.74, 6) is 1.40. The van der Waals surface area contributed by atoms with E-state index in [1.807, 2.05) is 0 Å². The van der Waals surface area contributed by atoms with E-state index in [4.69, 9.17) is 14.2 Å². The van der Waals surface area contributed by atoms with Gasteiger partial charge in [-0.2, -0.15) is 0 Å². The quantitative estimate of drug-likeness (QED) is 0.594. The van der Waals surface area contributed by atoms with Gasteiger partial charge in [0.15, 0.2) is 17.3 Å². The van der Waals surface area contributed by atoms with Crippen molar-refractivity contribution in [3.8, 4) is 11.5 Å². The number of fused-ring (bicyclic) bond motifs is 1. The molecule has 1 N–H and O–H groups in total. The molecule has 5 nitrogen and oxygen atoms in total. The summed E-state index contributed by atoms with van der Waals surface area (Å²) < 4.78 is 15.8. The molecule has 5 heteroatoms. The van der Waals surface area contributed by atoms with Crippen LogP contribution in [0.2, 0.25) is 0 Å². The normalized spacial score (nSPS) is 13.3. The number of methoxy groups -OCH3 is 1. The van der Waals surface area contributed by atoms with Crippen LogP contribution in [0.3, 0.4) is 0 Å². The van der Waals surface area contributed by atoms with Crippen LogP contribution in [0, 0.1) is 0 Å². The van der Waals surface area contributed by atoms with Crippen molar-refractivity contribution in [2.24, 2.45) is 0 Å². The standard InChI is InChI=1S/C14H19NO4/c1-17-6-2-5-15-10-12(16)11-3-4-13-14(9-11)19-8-7-18-13/h3-4,9,15H,2,5-8,10H2,1H3. The second-order valence-corrected chi connectivity index (χ2v) is 4.30. The lowest BCUT2D eigenvalue weighted by Crippen LogP contribution is -2.25. The van der Waals surface area contributed by atoms with Crippen molar-refractivity contribution >= 4 is 5.78 Å². The number of Topliss-reactive ketones (excluding diaryl/α,β-unsaturated/α-hetero) is 1. The zero-order valence-corrected chi connectivity index (χ0v) is 11.1. The molecule has 1 aromatic rings. The van der Waals surface area contributed by atoms with E-state index in [0.29, 0.717) is 43.4 Å². The Hall–Kier alpha value is -1.59. The first-order valence-corrected chi connectivity index (χ1v) is 6.44. The summed E-state index contributed by atoms with van der Waals surface area (Å²) in [6.45, 7) is 2.87. The summed E-state index contributed by atoms with van der Waals surface area (Å²) in [7, 11) is 1.67. The molecule has 0 saturated carbocycles. The van der Waals surface area contributed by atoms with Gasteiger partial charge in [-0.15, -0.1) is 0 Å². The number of carbonyl (C=O) groups is 1. The van der Waals surface area contributed by atoms with Crippen molar-refractivity contribution in [3.05, 3.63) is 23.8 Å². The summed E-state index contributed by atoms with van der Waals surface area (Å²) in [6, 6.07) is 5.30.